The molecule has 0 amide bonds. The van der Waals surface area contributed by atoms with Crippen LogP contribution in [0.15, 0.2) is 35.5 Å². The number of benzene rings is 1. The van der Waals surface area contributed by atoms with Crippen molar-refractivity contribution in [3.05, 3.63) is 53.1 Å². The van der Waals surface area contributed by atoms with Gasteiger partial charge in [-0.05, 0) is 61.4 Å². The van der Waals surface area contributed by atoms with E-state index < -0.39 is 0 Å². The van der Waals surface area contributed by atoms with Crippen molar-refractivity contribution in [1.29, 1.82) is 0 Å². The van der Waals surface area contributed by atoms with E-state index in [-0.39, 0.29) is 23.5 Å². The maximum Gasteiger partial charge on any atom is 0.209 e. The molecule has 1 fully saturated rings. The summed E-state index contributed by atoms with van der Waals surface area (Å²) in [6, 6.07) is 8.20. The monoisotopic (exact) mass is 415 g/mol. The zero-order chi connectivity index (χ0) is 20.4. The molecule has 152 valence electrons. The van der Waals surface area contributed by atoms with Gasteiger partial charge in [-0.15, -0.1) is 5.10 Å². The number of carbonyl (C=O) groups excluding carboxylic acids is 1. The van der Waals surface area contributed by atoms with Gasteiger partial charge in [0.05, 0.1) is 18.4 Å². The van der Waals surface area contributed by atoms with E-state index in [9.17, 15) is 9.18 Å². The van der Waals surface area contributed by atoms with Gasteiger partial charge in [-0.3, -0.25) is 4.79 Å². The van der Waals surface area contributed by atoms with Gasteiger partial charge in [0.25, 0.3) is 0 Å². The molecule has 3 heterocycles. The van der Waals surface area contributed by atoms with Crippen LogP contribution in [0, 0.1) is 19.7 Å². The number of aryl methyl sites for hydroxylation is 1. The summed E-state index contributed by atoms with van der Waals surface area (Å²) in [6.07, 6.45) is 2.17. The smallest absolute Gasteiger partial charge is 0.209 e. The highest BCUT2D eigenvalue weighted by Gasteiger charge is 2.21. The van der Waals surface area contributed by atoms with Crippen LogP contribution in [0.4, 0.5) is 4.39 Å². The fourth-order valence-electron chi connectivity index (χ4n) is 3.66. The SMILES string of the molecule is Cc1cc(C(=O)CSc2nnnn2C[C@@H]2CCCO2)c(C)n1-c1cccc(F)c1. The summed E-state index contributed by atoms with van der Waals surface area (Å²) in [4.78, 5) is 12.9. The third-order valence-corrected chi connectivity index (χ3v) is 5.99. The summed E-state index contributed by atoms with van der Waals surface area (Å²) in [5.74, 6) is -0.103. The number of ether oxygens (including phenoxy) is 1. The number of tetrazole rings is 1. The van der Waals surface area contributed by atoms with Crippen LogP contribution in [0.25, 0.3) is 5.69 Å². The van der Waals surface area contributed by atoms with E-state index in [2.05, 4.69) is 15.5 Å². The molecule has 1 atom stereocenters. The third-order valence-electron chi connectivity index (χ3n) is 5.03. The number of thioether (sulfide) groups is 1. The summed E-state index contributed by atoms with van der Waals surface area (Å²) >= 11 is 1.31. The number of nitrogens with zero attached hydrogens (tertiary/aromatic N) is 5. The number of carbonyl (C=O) groups is 1. The molecule has 2 aromatic heterocycles. The van der Waals surface area contributed by atoms with Gasteiger partial charge in [0, 0.05) is 29.2 Å². The minimum absolute atomic E-state index is 0.0163. The predicted octanol–water partition coefficient (Wildman–Crippen LogP) is 3.37. The number of rotatable bonds is 7. The van der Waals surface area contributed by atoms with Gasteiger partial charge in [-0.1, -0.05) is 17.8 Å². The summed E-state index contributed by atoms with van der Waals surface area (Å²) < 4.78 is 22.9. The second kappa shape index (κ2) is 8.46. The van der Waals surface area contributed by atoms with Gasteiger partial charge in [-0.2, -0.15) is 0 Å². The molecule has 1 saturated heterocycles. The lowest BCUT2D eigenvalue weighted by Crippen LogP contribution is -2.17. The highest BCUT2D eigenvalue weighted by Crippen LogP contribution is 2.24. The Labute approximate surface area is 172 Å². The first-order valence-corrected chi connectivity index (χ1v) is 10.5. The fraction of sp³-hybridized carbons (Fsp3) is 0.400. The van der Waals surface area contributed by atoms with Crippen LogP contribution in [0.5, 0.6) is 0 Å². The molecule has 0 saturated carbocycles. The molecular formula is C20H22FN5O2S. The Hall–Kier alpha value is -2.52. The third kappa shape index (κ3) is 4.25. The van der Waals surface area contributed by atoms with Crippen LogP contribution in [-0.4, -0.2) is 49.0 Å². The standard InChI is InChI=1S/C20H22FN5O2S/c1-13-9-18(14(2)26(13)16-6-3-5-15(21)10-16)19(27)12-29-20-22-23-24-25(20)11-17-7-4-8-28-17/h3,5-6,9-10,17H,4,7-8,11-12H2,1-2H3/t17-/m0/s1. The zero-order valence-corrected chi connectivity index (χ0v) is 17.2. The Morgan fingerprint density at radius 2 is 2.21 bits per heavy atom. The highest BCUT2D eigenvalue weighted by atomic mass is 32.2. The molecule has 1 aliphatic heterocycles. The van der Waals surface area contributed by atoms with Crippen LogP contribution in [0.1, 0.15) is 34.6 Å². The van der Waals surface area contributed by atoms with Gasteiger partial charge in [0.15, 0.2) is 5.78 Å². The normalized spacial score (nSPS) is 16.4. The topological polar surface area (TPSA) is 74.8 Å². The Balaban J connectivity index is 1.47. The first kappa shape index (κ1) is 19.8. The Morgan fingerprint density at radius 3 is 2.97 bits per heavy atom. The Bertz CT molecular complexity index is 1030. The number of hydrogen-bond acceptors (Lipinski definition) is 6. The first-order chi connectivity index (χ1) is 14.0. The van der Waals surface area contributed by atoms with Crippen molar-refractivity contribution >= 4 is 17.5 Å². The average molecular weight is 415 g/mol. The van der Waals surface area contributed by atoms with E-state index in [0.717, 1.165) is 30.8 Å². The molecular weight excluding hydrogens is 393 g/mol. The van der Waals surface area contributed by atoms with Gasteiger partial charge in [0.1, 0.15) is 5.82 Å². The lowest BCUT2D eigenvalue weighted by molar-refractivity contribution is 0.0912. The number of hydrogen-bond donors (Lipinski definition) is 0. The number of ketones is 1. The summed E-state index contributed by atoms with van der Waals surface area (Å²) in [5, 5.41) is 12.4. The van der Waals surface area contributed by atoms with E-state index in [4.69, 9.17) is 4.74 Å². The average Bonchev–Trinajstić information content (AvgIpc) is 3.42. The maximum atomic E-state index is 13.6. The van der Waals surface area contributed by atoms with Crippen LogP contribution in [-0.2, 0) is 11.3 Å². The maximum absolute atomic E-state index is 13.6. The molecule has 0 spiro atoms. The van der Waals surface area contributed by atoms with Crippen LogP contribution in [0.3, 0.4) is 0 Å². The second-order valence-corrected chi connectivity index (χ2v) is 8.03. The van der Waals surface area contributed by atoms with E-state index in [1.165, 1.54) is 23.9 Å². The van der Waals surface area contributed by atoms with Crippen molar-refractivity contribution < 1.29 is 13.9 Å². The van der Waals surface area contributed by atoms with Crippen molar-refractivity contribution in [1.82, 2.24) is 24.8 Å². The quantitative estimate of drug-likeness (QED) is 0.435. The molecule has 0 N–H and O–H groups in total. The molecule has 7 nitrogen and oxygen atoms in total. The van der Waals surface area contributed by atoms with Gasteiger partial charge in [-0.25, -0.2) is 9.07 Å². The molecule has 0 bridgehead atoms. The predicted molar refractivity (Wildman–Crippen MR) is 107 cm³/mol. The van der Waals surface area contributed by atoms with Gasteiger partial charge >= 0.3 is 0 Å². The molecule has 0 radical (unpaired) electrons. The van der Waals surface area contributed by atoms with Crippen LogP contribution in [0.2, 0.25) is 0 Å². The van der Waals surface area contributed by atoms with E-state index in [1.807, 2.05) is 30.5 Å². The van der Waals surface area contributed by atoms with Crippen molar-refractivity contribution in [2.75, 3.05) is 12.4 Å². The second-order valence-electron chi connectivity index (χ2n) is 7.09. The molecule has 0 aliphatic carbocycles. The van der Waals surface area contributed by atoms with Crippen LogP contribution < -0.4 is 0 Å². The summed E-state index contributed by atoms with van der Waals surface area (Å²) in [5.41, 5.74) is 2.99. The Kier molecular flexibility index (Phi) is 5.77. The molecule has 1 aliphatic rings. The first-order valence-electron chi connectivity index (χ1n) is 9.51. The van der Waals surface area contributed by atoms with E-state index in [0.29, 0.717) is 23.0 Å². The molecule has 9 heteroatoms. The minimum atomic E-state index is -0.309. The largest absolute Gasteiger partial charge is 0.376 e. The highest BCUT2D eigenvalue weighted by molar-refractivity contribution is 7.99. The fourth-order valence-corrected chi connectivity index (χ4v) is 4.43. The summed E-state index contributed by atoms with van der Waals surface area (Å²) in [7, 11) is 0. The van der Waals surface area contributed by atoms with E-state index >= 15 is 0 Å². The lowest BCUT2D eigenvalue weighted by atomic mass is 10.2. The number of aromatic nitrogens is 5. The van der Waals surface area contributed by atoms with Crippen molar-refractivity contribution in [2.45, 2.75) is 44.5 Å². The van der Waals surface area contributed by atoms with E-state index in [1.54, 1.807) is 10.7 Å². The molecule has 1 aromatic carbocycles. The minimum Gasteiger partial charge on any atom is -0.376 e. The number of Topliss-reactive ketones (excluding diaryl/α,β-unsaturated/α-hetero) is 1. The van der Waals surface area contributed by atoms with Crippen molar-refractivity contribution in [3.63, 3.8) is 0 Å². The zero-order valence-electron chi connectivity index (χ0n) is 16.3. The van der Waals surface area contributed by atoms with Gasteiger partial charge < -0.3 is 9.30 Å². The van der Waals surface area contributed by atoms with Crippen molar-refractivity contribution in [2.24, 2.45) is 0 Å². The summed E-state index contributed by atoms with van der Waals surface area (Å²) in [6.45, 7) is 5.15. The molecule has 0 unspecified atom stereocenters. The number of halogens is 1. The van der Waals surface area contributed by atoms with Crippen LogP contribution >= 0.6 is 11.8 Å². The molecule has 4 rings (SSSR count). The Morgan fingerprint density at radius 1 is 1.34 bits per heavy atom. The van der Waals surface area contributed by atoms with Crippen molar-refractivity contribution in [3.8, 4) is 5.69 Å². The molecule has 29 heavy (non-hydrogen) atoms. The lowest BCUT2D eigenvalue weighted by Gasteiger charge is -2.10. The van der Waals surface area contributed by atoms with Gasteiger partial charge in [0.2, 0.25) is 5.16 Å². The molecule has 3 aromatic rings.